The molecule has 0 aliphatic heterocycles. The molecule has 2 N–H and O–H groups in total. The van der Waals surface area contributed by atoms with Crippen LogP contribution in [-0.2, 0) is 9.59 Å². The molecular formula is C21H32N3O2+. The highest BCUT2D eigenvalue weighted by molar-refractivity contribution is 5.92. The number of likely N-dealkylation sites (N-methyl/N-ethyl adjacent to an activating group) is 1. The zero-order chi connectivity index (χ0) is 19.1. The molecule has 0 saturated heterocycles. The lowest BCUT2D eigenvalue weighted by Crippen LogP contribution is -3.11. The van der Waals surface area contributed by atoms with Gasteiger partial charge in [0.25, 0.3) is 11.8 Å². The Bertz CT molecular complexity index is 682. The van der Waals surface area contributed by atoms with Crippen molar-refractivity contribution in [3.63, 3.8) is 0 Å². The Labute approximate surface area is 157 Å². The zero-order valence-corrected chi connectivity index (χ0v) is 16.5. The number of benzene rings is 1. The van der Waals surface area contributed by atoms with Gasteiger partial charge in [-0.05, 0) is 56.7 Å². The minimum absolute atomic E-state index is 0.0638. The first-order chi connectivity index (χ1) is 12.4. The average Bonchev–Trinajstić information content (AvgIpc) is 3.10. The van der Waals surface area contributed by atoms with Gasteiger partial charge >= 0.3 is 0 Å². The third kappa shape index (κ3) is 5.43. The van der Waals surface area contributed by atoms with Gasteiger partial charge < -0.3 is 15.1 Å². The Morgan fingerprint density at radius 2 is 2.00 bits per heavy atom. The maximum Gasteiger partial charge on any atom is 0.281 e. The van der Waals surface area contributed by atoms with Crippen molar-refractivity contribution >= 4 is 17.5 Å². The standard InChI is InChI=1S/C21H31N3O2/c1-5-13-24(18-10-6-7-11-18)21(26)15-23(4)14-20(25)22-19-12-8-9-16(2)17(19)3/h8-10,12H,5-7,11,13-15H2,1-4H3,(H,22,25)/p+1. The summed E-state index contributed by atoms with van der Waals surface area (Å²) in [5.74, 6) is 0.0446. The highest BCUT2D eigenvalue weighted by Gasteiger charge is 2.23. The Morgan fingerprint density at radius 3 is 2.65 bits per heavy atom. The third-order valence-electron chi connectivity index (χ3n) is 4.91. The quantitative estimate of drug-likeness (QED) is 0.747. The van der Waals surface area contributed by atoms with Crippen molar-refractivity contribution in [1.82, 2.24) is 4.90 Å². The van der Waals surface area contributed by atoms with Crippen LogP contribution in [0.3, 0.4) is 0 Å². The number of nitrogens with one attached hydrogen (secondary N) is 2. The number of hydrogen-bond donors (Lipinski definition) is 2. The molecule has 0 saturated carbocycles. The van der Waals surface area contributed by atoms with Crippen LogP contribution in [0.5, 0.6) is 0 Å². The number of amides is 2. The molecule has 5 nitrogen and oxygen atoms in total. The molecule has 1 aromatic carbocycles. The first kappa shape index (κ1) is 20.2. The SMILES string of the molecule is CCCN(C(=O)C[NH+](C)CC(=O)Nc1cccc(C)c1C)C1=CCCC1. The maximum absolute atomic E-state index is 12.7. The maximum atomic E-state index is 12.7. The number of nitrogens with zero attached hydrogens (tertiary/aromatic N) is 1. The van der Waals surface area contributed by atoms with Crippen LogP contribution in [0.4, 0.5) is 5.69 Å². The summed E-state index contributed by atoms with van der Waals surface area (Å²) in [6.45, 7) is 7.48. The summed E-state index contributed by atoms with van der Waals surface area (Å²) in [4.78, 5) is 27.9. The molecule has 1 aromatic rings. The fourth-order valence-corrected chi connectivity index (χ4v) is 3.32. The molecule has 0 spiro atoms. The van der Waals surface area contributed by atoms with E-state index < -0.39 is 0 Å². The molecule has 2 amide bonds. The molecule has 0 heterocycles. The highest BCUT2D eigenvalue weighted by atomic mass is 16.2. The van der Waals surface area contributed by atoms with Crippen LogP contribution in [0.25, 0.3) is 0 Å². The normalized spacial score (nSPS) is 14.7. The van der Waals surface area contributed by atoms with Crippen molar-refractivity contribution in [2.24, 2.45) is 0 Å². The van der Waals surface area contributed by atoms with Crippen molar-refractivity contribution in [1.29, 1.82) is 0 Å². The summed E-state index contributed by atoms with van der Waals surface area (Å²) in [5, 5.41) is 2.97. The topological polar surface area (TPSA) is 53.9 Å². The molecule has 2 rings (SSSR count). The van der Waals surface area contributed by atoms with Gasteiger partial charge in [-0.2, -0.15) is 0 Å². The molecule has 0 bridgehead atoms. The molecule has 1 atom stereocenters. The fraction of sp³-hybridized carbons (Fsp3) is 0.524. The van der Waals surface area contributed by atoms with E-state index in [1.165, 1.54) is 0 Å². The monoisotopic (exact) mass is 358 g/mol. The van der Waals surface area contributed by atoms with E-state index in [0.717, 1.165) is 59.6 Å². The predicted molar refractivity (Wildman–Crippen MR) is 105 cm³/mol. The van der Waals surface area contributed by atoms with Crippen LogP contribution in [0.1, 0.15) is 43.7 Å². The molecule has 1 aliphatic rings. The molecule has 1 aliphatic carbocycles. The summed E-state index contributed by atoms with van der Waals surface area (Å²) >= 11 is 0. The number of hydrogen-bond acceptors (Lipinski definition) is 2. The predicted octanol–water partition coefficient (Wildman–Crippen LogP) is 2.06. The smallest absolute Gasteiger partial charge is 0.281 e. The van der Waals surface area contributed by atoms with Crippen molar-refractivity contribution in [2.45, 2.75) is 46.5 Å². The van der Waals surface area contributed by atoms with Gasteiger partial charge in [0.1, 0.15) is 0 Å². The van der Waals surface area contributed by atoms with E-state index in [4.69, 9.17) is 0 Å². The molecular weight excluding hydrogens is 326 g/mol. The number of anilines is 1. The van der Waals surface area contributed by atoms with E-state index in [0.29, 0.717) is 6.54 Å². The van der Waals surface area contributed by atoms with Crippen molar-refractivity contribution in [3.05, 3.63) is 41.1 Å². The van der Waals surface area contributed by atoms with Gasteiger partial charge in [-0.1, -0.05) is 25.1 Å². The number of carbonyl (C=O) groups is 2. The van der Waals surface area contributed by atoms with Crippen LogP contribution in [0.15, 0.2) is 30.0 Å². The van der Waals surface area contributed by atoms with Crippen molar-refractivity contribution < 1.29 is 14.5 Å². The second kappa shape index (κ2) is 9.53. The van der Waals surface area contributed by atoms with E-state index in [2.05, 4.69) is 18.3 Å². The fourth-order valence-electron chi connectivity index (χ4n) is 3.32. The summed E-state index contributed by atoms with van der Waals surface area (Å²) in [6.07, 6.45) is 6.29. The minimum atomic E-state index is -0.0638. The first-order valence-corrected chi connectivity index (χ1v) is 9.59. The lowest BCUT2D eigenvalue weighted by atomic mass is 10.1. The van der Waals surface area contributed by atoms with Crippen molar-refractivity contribution in [2.75, 3.05) is 32.0 Å². The van der Waals surface area contributed by atoms with E-state index >= 15 is 0 Å². The number of allylic oxidation sites excluding steroid dienone is 2. The van der Waals surface area contributed by atoms with Gasteiger partial charge in [0.15, 0.2) is 13.1 Å². The van der Waals surface area contributed by atoms with E-state index in [1.54, 1.807) is 0 Å². The Hall–Kier alpha value is -2.14. The van der Waals surface area contributed by atoms with E-state index in [-0.39, 0.29) is 18.4 Å². The van der Waals surface area contributed by atoms with Gasteiger partial charge in [-0.3, -0.25) is 9.59 Å². The van der Waals surface area contributed by atoms with Crippen LogP contribution in [0, 0.1) is 13.8 Å². The van der Waals surface area contributed by atoms with Crippen LogP contribution in [-0.4, -0.2) is 43.4 Å². The average molecular weight is 359 g/mol. The molecule has 5 heteroatoms. The Balaban J connectivity index is 1.90. The molecule has 0 fully saturated rings. The summed E-state index contributed by atoms with van der Waals surface area (Å²) in [5.41, 5.74) is 4.23. The highest BCUT2D eigenvalue weighted by Crippen LogP contribution is 2.21. The third-order valence-corrected chi connectivity index (χ3v) is 4.91. The van der Waals surface area contributed by atoms with E-state index in [1.807, 2.05) is 44.0 Å². The molecule has 26 heavy (non-hydrogen) atoms. The lowest BCUT2D eigenvalue weighted by molar-refractivity contribution is -0.862. The Morgan fingerprint density at radius 1 is 1.23 bits per heavy atom. The van der Waals surface area contributed by atoms with Gasteiger partial charge in [-0.15, -0.1) is 0 Å². The lowest BCUT2D eigenvalue weighted by Gasteiger charge is -2.24. The van der Waals surface area contributed by atoms with Gasteiger partial charge in [0, 0.05) is 17.9 Å². The summed E-state index contributed by atoms with van der Waals surface area (Å²) in [6, 6.07) is 5.88. The largest absolute Gasteiger partial charge is 0.322 e. The van der Waals surface area contributed by atoms with Gasteiger partial charge in [-0.25, -0.2) is 0 Å². The van der Waals surface area contributed by atoms with Gasteiger partial charge in [0.05, 0.1) is 7.05 Å². The van der Waals surface area contributed by atoms with Crippen LogP contribution in [0.2, 0.25) is 0 Å². The minimum Gasteiger partial charge on any atom is -0.322 e. The second-order valence-corrected chi connectivity index (χ2v) is 7.24. The zero-order valence-electron chi connectivity index (χ0n) is 16.5. The molecule has 142 valence electrons. The number of carbonyl (C=O) groups excluding carboxylic acids is 2. The van der Waals surface area contributed by atoms with Crippen LogP contribution >= 0.6 is 0 Å². The van der Waals surface area contributed by atoms with Crippen LogP contribution < -0.4 is 10.2 Å². The molecule has 1 unspecified atom stereocenters. The summed E-state index contributed by atoms with van der Waals surface area (Å²) in [7, 11) is 1.90. The molecule has 0 aromatic heterocycles. The van der Waals surface area contributed by atoms with Gasteiger partial charge in [0.2, 0.25) is 0 Å². The number of quaternary nitrogens is 1. The van der Waals surface area contributed by atoms with Crippen molar-refractivity contribution in [3.8, 4) is 0 Å². The summed E-state index contributed by atoms with van der Waals surface area (Å²) < 4.78 is 0. The number of rotatable bonds is 8. The molecule has 0 radical (unpaired) electrons. The Kier molecular flexibility index (Phi) is 7.39. The van der Waals surface area contributed by atoms with E-state index in [9.17, 15) is 9.59 Å². The second-order valence-electron chi connectivity index (χ2n) is 7.24. The number of aryl methyl sites for hydroxylation is 1. The first-order valence-electron chi connectivity index (χ1n) is 9.59.